The molecule has 2 rings (SSSR count). The zero-order valence-corrected chi connectivity index (χ0v) is 18.3. The number of rotatable bonds is 11. The maximum Gasteiger partial charge on any atom is 0.337 e. The number of nitrogens with two attached hydrogens (primary N) is 2. The lowest BCUT2D eigenvalue weighted by Gasteiger charge is -2.10. The number of amides is 2. The van der Waals surface area contributed by atoms with Gasteiger partial charge in [-0.2, -0.15) is 0 Å². The van der Waals surface area contributed by atoms with E-state index in [1.807, 2.05) is 0 Å². The van der Waals surface area contributed by atoms with Crippen LogP contribution in [0.4, 0.5) is 0 Å². The van der Waals surface area contributed by atoms with Crippen LogP contribution in [0.3, 0.4) is 0 Å². The van der Waals surface area contributed by atoms with Crippen molar-refractivity contribution in [2.45, 2.75) is 38.5 Å². The van der Waals surface area contributed by atoms with Crippen molar-refractivity contribution in [2.75, 3.05) is 14.2 Å². The Morgan fingerprint density at radius 1 is 0.656 bits per heavy atom. The van der Waals surface area contributed by atoms with Crippen molar-refractivity contribution < 1.29 is 28.7 Å². The second kappa shape index (κ2) is 11.6. The summed E-state index contributed by atoms with van der Waals surface area (Å²) in [5.41, 5.74) is 13.8. The number of aryl methyl sites for hydroxylation is 2. The first kappa shape index (κ1) is 24.6. The molecule has 0 fully saturated rings. The minimum atomic E-state index is -0.541. The van der Waals surface area contributed by atoms with Gasteiger partial charge in [-0.3, -0.25) is 9.59 Å². The number of hydrogen-bond donors (Lipinski definition) is 2. The Labute approximate surface area is 186 Å². The van der Waals surface area contributed by atoms with E-state index in [9.17, 15) is 19.2 Å². The zero-order valence-electron chi connectivity index (χ0n) is 18.3. The highest BCUT2D eigenvalue weighted by molar-refractivity contribution is 5.97. The third-order valence-corrected chi connectivity index (χ3v) is 5.23. The Morgan fingerprint density at radius 3 is 1.34 bits per heavy atom. The molecular formula is C24H28N2O6. The van der Waals surface area contributed by atoms with Crippen LogP contribution in [0.2, 0.25) is 0 Å². The molecule has 2 aromatic rings. The van der Waals surface area contributed by atoms with Crippen LogP contribution in [0, 0.1) is 0 Å². The fourth-order valence-electron chi connectivity index (χ4n) is 3.56. The Morgan fingerprint density at radius 2 is 1.03 bits per heavy atom. The molecule has 0 unspecified atom stereocenters. The average Bonchev–Trinajstić information content (AvgIpc) is 2.79. The SMILES string of the molecule is COC(=O)c1ccc(C(N)=O)c(CCCCCCc2cc(C(=O)OC)ccc2C(N)=O)c1. The largest absolute Gasteiger partial charge is 0.465 e. The summed E-state index contributed by atoms with van der Waals surface area (Å²) >= 11 is 0. The van der Waals surface area contributed by atoms with Gasteiger partial charge in [-0.1, -0.05) is 12.8 Å². The topological polar surface area (TPSA) is 139 Å². The molecular weight excluding hydrogens is 412 g/mol. The van der Waals surface area contributed by atoms with E-state index in [0.29, 0.717) is 46.2 Å². The van der Waals surface area contributed by atoms with Crippen LogP contribution in [-0.4, -0.2) is 38.0 Å². The quantitative estimate of drug-likeness (QED) is 0.407. The number of hydrogen-bond acceptors (Lipinski definition) is 6. The van der Waals surface area contributed by atoms with Crippen molar-refractivity contribution in [1.82, 2.24) is 0 Å². The van der Waals surface area contributed by atoms with Crippen LogP contribution in [0.5, 0.6) is 0 Å². The summed E-state index contributed by atoms with van der Waals surface area (Å²) < 4.78 is 9.46. The van der Waals surface area contributed by atoms with Crippen molar-refractivity contribution >= 4 is 23.8 Å². The minimum Gasteiger partial charge on any atom is -0.465 e. The number of esters is 2. The van der Waals surface area contributed by atoms with Gasteiger partial charge in [0, 0.05) is 11.1 Å². The third kappa shape index (κ3) is 6.41. The molecule has 8 nitrogen and oxygen atoms in total. The van der Waals surface area contributed by atoms with Crippen molar-refractivity contribution in [3.05, 3.63) is 69.8 Å². The van der Waals surface area contributed by atoms with Gasteiger partial charge in [0.15, 0.2) is 0 Å². The molecule has 0 aliphatic carbocycles. The summed E-state index contributed by atoms with van der Waals surface area (Å²) in [6.07, 6.45) is 4.49. The van der Waals surface area contributed by atoms with Crippen molar-refractivity contribution in [3.8, 4) is 0 Å². The van der Waals surface area contributed by atoms with Crippen LogP contribution >= 0.6 is 0 Å². The normalized spacial score (nSPS) is 10.4. The van der Waals surface area contributed by atoms with Crippen molar-refractivity contribution in [1.29, 1.82) is 0 Å². The molecule has 32 heavy (non-hydrogen) atoms. The van der Waals surface area contributed by atoms with E-state index in [1.54, 1.807) is 24.3 Å². The van der Waals surface area contributed by atoms with Crippen molar-refractivity contribution in [3.63, 3.8) is 0 Å². The predicted molar refractivity (Wildman–Crippen MR) is 118 cm³/mol. The van der Waals surface area contributed by atoms with Gasteiger partial charge in [-0.05, 0) is 73.2 Å². The molecule has 0 saturated carbocycles. The van der Waals surface area contributed by atoms with E-state index in [4.69, 9.17) is 20.9 Å². The second-order valence-electron chi connectivity index (χ2n) is 7.37. The van der Waals surface area contributed by atoms with Gasteiger partial charge in [0.05, 0.1) is 25.3 Å². The standard InChI is InChI=1S/C24H28N2O6/c1-31-23(29)17-9-11-19(21(25)27)15(13-17)7-5-3-4-6-8-16-14-18(24(30)32-2)10-12-20(16)22(26)28/h9-14H,3-8H2,1-2H3,(H2,25,27)(H2,26,28). The van der Waals surface area contributed by atoms with E-state index in [-0.39, 0.29) is 0 Å². The van der Waals surface area contributed by atoms with Crippen molar-refractivity contribution in [2.24, 2.45) is 11.5 Å². The first-order valence-electron chi connectivity index (χ1n) is 10.3. The van der Waals surface area contributed by atoms with Gasteiger partial charge in [0.25, 0.3) is 0 Å². The minimum absolute atomic E-state index is 0.372. The monoisotopic (exact) mass is 440 g/mol. The smallest absolute Gasteiger partial charge is 0.337 e. The fraction of sp³-hybridized carbons (Fsp3) is 0.333. The predicted octanol–water partition coefficient (Wildman–Crippen LogP) is 2.80. The van der Waals surface area contributed by atoms with Gasteiger partial charge < -0.3 is 20.9 Å². The van der Waals surface area contributed by atoms with Crippen LogP contribution < -0.4 is 11.5 Å². The Balaban J connectivity index is 1.95. The molecule has 0 spiro atoms. The Kier molecular flexibility index (Phi) is 8.95. The van der Waals surface area contributed by atoms with Crippen LogP contribution in [0.1, 0.15) is 78.2 Å². The molecule has 0 bridgehead atoms. The summed E-state index contributed by atoms with van der Waals surface area (Å²) in [6.45, 7) is 0. The molecule has 2 amide bonds. The van der Waals surface area contributed by atoms with Gasteiger partial charge in [-0.25, -0.2) is 9.59 Å². The summed E-state index contributed by atoms with van der Waals surface area (Å²) in [5.74, 6) is -2.02. The highest BCUT2D eigenvalue weighted by Gasteiger charge is 2.14. The molecule has 8 heteroatoms. The molecule has 0 aromatic heterocycles. The number of carbonyl (C=O) groups is 4. The molecule has 0 radical (unpaired) electrons. The van der Waals surface area contributed by atoms with E-state index in [0.717, 1.165) is 25.7 Å². The molecule has 0 atom stereocenters. The highest BCUT2D eigenvalue weighted by Crippen LogP contribution is 2.19. The molecule has 170 valence electrons. The Bertz CT molecular complexity index is 934. The van der Waals surface area contributed by atoms with E-state index in [1.165, 1.54) is 26.4 Å². The van der Waals surface area contributed by atoms with Crippen LogP contribution in [-0.2, 0) is 22.3 Å². The zero-order chi connectivity index (χ0) is 23.7. The summed E-state index contributed by atoms with van der Waals surface area (Å²) in [5, 5.41) is 0. The lowest BCUT2D eigenvalue weighted by molar-refractivity contribution is 0.0591. The van der Waals surface area contributed by atoms with Gasteiger partial charge in [0.2, 0.25) is 11.8 Å². The van der Waals surface area contributed by atoms with Crippen LogP contribution in [0.15, 0.2) is 36.4 Å². The fourth-order valence-corrected chi connectivity index (χ4v) is 3.56. The number of methoxy groups -OCH3 is 2. The van der Waals surface area contributed by atoms with E-state index >= 15 is 0 Å². The Hall–Kier alpha value is -3.68. The number of ether oxygens (including phenoxy) is 2. The van der Waals surface area contributed by atoms with E-state index < -0.39 is 23.8 Å². The number of carbonyl (C=O) groups excluding carboxylic acids is 4. The maximum absolute atomic E-state index is 11.8. The first-order valence-corrected chi connectivity index (χ1v) is 10.3. The molecule has 0 heterocycles. The summed E-state index contributed by atoms with van der Waals surface area (Å²) in [4.78, 5) is 46.9. The number of unbranched alkanes of at least 4 members (excludes halogenated alkanes) is 3. The average molecular weight is 440 g/mol. The first-order chi connectivity index (χ1) is 15.3. The molecule has 0 aliphatic heterocycles. The van der Waals surface area contributed by atoms with Gasteiger partial charge in [0.1, 0.15) is 0 Å². The molecule has 2 aromatic carbocycles. The highest BCUT2D eigenvalue weighted by atomic mass is 16.5. The summed E-state index contributed by atoms with van der Waals surface area (Å²) in [7, 11) is 2.60. The molecule has 0 aliphatic rings. The van der Waals surface area contributed by atoms with Crippen LogP contribution in [0.25, 0.3) is 0 Å². The lowest BCUT2D eigenvalue weighted by Crippen LogP contribution is -2.15. The third-order valence-electron chi connectivity index (χ3n) is 5.23. The van der Waals surface area contributed by atoms with E-state index in [2.05, 4.69) is 0 Å². The number of primary amides is 2. The van der Waals surface area contributed by atoms with Gasteiger partial charge >= 0.3 is 11.9 Å². The molecule has 0 saturated heterocycles. The lowest BCUT2D eigenvalue weighted by atomic mass is 9.96. The maximum atomic E-state index is 11.8. The number of benzene rings is 2. The van der Waals surface area contributed by atoms with Gasteiger partial charge in [-0.15, -0.1) is 0 Å². The second-order valence-corrected chi connectivity index (χ2v) is 7.37. The molecule has 4 N–H and O–H groups in total. The summed E-state index contributed by atoms with van der Waals surface area (Å²) in [6, 6.07) is 9.42.